The van der Waals surface area contributed by atoms with Crippen LogP contribution in [0.4, 0.5) is 19.0 Å². The number of nitrogens with zero attached hydrogens (tertiary/aromatic N) is 3. The molecule has 2 aliphatic rings. The van der Waals surface area contributed by atoms with Gasteiger partial charge in [0, 0.05) is 31.7 Å². The fraction of sp³-hybridized carbons (Fsp3) is 0.500. The molecule has 1 saturated carbocycles. The summed E-state index contributed by atoms with van der Waals surface area (Å²) in [6, 6.07) is 5.15. The zero-order chi connectivity index (χ0) is 23.8. The second-order valence-electron chi connectivity index (χ2n) is 8.09. The molecule has 2 unspecified atom stereocenters. The van der Waals surface area contributed by atoms with E-state index in [1.807, 2.05) is 0 Å². The number of aliphatic hydroxyl groups is 1. The standard InChI is InChI=1S/C22H24F3N3O5/c1-2-27-18-17(20(30)28(21(27)31)9-4-10-29)11-13-7-8-16(13)19(26-18)32-14-5-3-6-15(12-14)33-22(23,24)25/h3,5-6,12-13,16,29H,2,4,7-11H2,1H3. The van der Waals surface area contributed by atoms with Gasteiger partial charge in [0.2, 0.25) is 0 Å². The predicted octanol–water partition coefficient (Wildman–Crippen LogP) is 3.00. The molecule has 2 heterocycles. The molecular weight excluding hydrogens is 443 g/mol. The molecule has 1 N–H and O–H groups in total. The summed E-state index contributed by atoms with van der Waals surface area (Å²) < 4.78 is 50.1. The van der Waals surface area contributed by atoms with Crippen molar-refractivity contribution in [2.45, 2.75) is 52.1 Å². The van der Waals surface area contributed by atoms with Crippen LogP contribution in [0, 0.1) is 11.8 Å². The Hall–Kier alpha value is -3.08. The second-order valence-corrected chi connectivity index (χ2v) is 8.09. The van der Waals surface area contributed by atoms with Gasteiger partial charge in [0.1, 0.15) is 17.3 Å². The fourth-order valence-electron chi connectivity index (χ4n) is 4.30. The van der Waals surface area contributed by atoms with E-state index in [-0.39, 0.29) is 55.4 Å². The van der Waals surface area contributed by atoms with Crippen molar-refractivity contribution in [3.8, 4) is 11.5 Å². The van der Waals surface area contributed by atoms with Crippen LogP contribution >= 0.6 is 0 Å². The van der Waals surface area contributed by atoms with E-state index >= 15 is 0 Å². The van der Waals surface area contributed by atoms with Gasteiger partial charge < -0.3 is 14.6 Å². The van der Waals surface area contributed by atoms with Crippen LogP contribution in [0.15, 0.2) is 38.8 Å². The quantitative estimate of drug-likeness (QED) is 0.705. The molecule has 11 heteroatoms. The van der Waals surface area contributed by atoms with Crippen LogP contribution in [0.3, 0.4) is 0 Å². The first-order valence-electron chi connectivity index (χ1n) is 10.8. The van der Waals surface area contributed by atoms with Crippen LogP contribution in [-0.2, 0) is 19.5 Å². The van der Waals surface area contributed by atoms with Gasteiger partial charge in [-0.15, -0.1) is 13.2 Å². The number of alkyl halides is 3. The average molecular weight is 467 g/mol. The predicted molar refractivity (Wildman–Crippen MR) is 113 cm³/mol. The van der Waals surface area contributed by atoms with Gasteiger partial charge in [-0.3, -0.25) is 13.9 Å². The number of fused-ring (bicyclic) bond motifs is 2. The summed E-state index contributed by atoms with van der Waals surface area (Å²) in [4.78, 5) is 30.6. The van der Waals surface area contributed by atoms with E-state index in [1.54, 1.807) is 6.92 Å². The van der Waals surface area contributed by atoms with E-state index in [2.05, 4.69) is 9.73 Å². The molecule has 2 atom stereocenters. The average Bonchev–Trinajstić information content (AvgIpc) is 2.81. The molecule has 0 saturated heterocycles. The molecule has 8 nitrogen and oxygen atoms in total. The largest absolute Gasteiger partial charge is 0.573 e. The highest BCUT2D eigenvalue weighted by molar-refractivity contribution is 5.85. The molecule has 1 fully saturated rings. The van der Waals surface area contributed by atoms with Crippen LogP contribution in [-0.4, -0.2) is 33.1 Å². The minimum atomic E-state index is -4.83. The molecule has 0 bridgehead atoms. The Kier molecular flexibility index (Phi) is 6.33. The van der Waals surface area contributed by atoms with E-state index in [9.17, 15) is 22.8 Å². The molecule has 0 radical (unpaired) electrons. The summed E-state index contributed by atoms with van der Waals surface area (Å²) in [7, 11) is 0. The first-order chi connectivity index (χ1) is 15.7. The molecule has 1 aromatic carbocycles. The van der Waals surface area contributed by atoms with Gasteiger partial charge in [-0.25, -0.2) is 4.79 Å². The minimum Gasteiger partial charge on any atom is -0.442 e. The minimum absolute atomic E-state index is 0.0707. The number of hydrogen-bond donors (Lipinski definition) is 1. The number of ether oxygens (including phenoxy) is 2. The third-order valence-corrected chi connectivity index (χ3v) is 6.03. The van der Waals surface area contributed by atoms with Gasteiger partial charge in [-0.05, 0) is 50.7 Å². The molecule has 1 aromatic heterocycles. The van der Waals surface area contributed by atoms with E-state index in [1.165, 1.54) is 22.8 Å². The highest BCUT2D eigenvalue weighted by Gasteiger charge is 2.40. The third-order valence-electron chi connectivity index (χ3n) is 6.03. The summed E-state index contributed by atoms with van der Waals surface area (Å²) in [5.41, 5.74) is -0.533. The number of benzene rings is 1. The molecule has 0 spiro atoms. The van der Waals surface area contributed by atoms with Gasteiger partial charge in [-0.2, -0.15) is 4.99 Å². The van der Waals surface area contributed by atoms with Crippen molar-refractivity contribution in [2.24, 2.45) is 16.8 Å². The van der Waals surface area contributed by atoms with Crippen molar-refractivity contribution in [3.05, 3.63) is 50.7 Å². The Balaban J connectivity index is 1.76. The van der Waals surface area contributed by atoms with Crippen molar-refractivity contribution < 1.29 is 27.8 Å². The molecule has 2 aromatic rings. The first kappa shape index (κ1) is 23.1. The molecule has 1 aliphatic carbocycles. The summed E-state index contributed by atoms with van der Waals surface area (Å²) in [6.45, 7) is 1.99. The van der Waals surface area contributed by atoms with Crippen molar-refractivity contribution in [1.82, 2.24) is 9.13 Å². The Bertz CT molecular complexity index is 1190. The van der Waals surface area contributed by atoms with Gasteiger partial charge in [0.25, 0.3) is 5.56 Å². The fourth-order valence-corrected chi connectivity index (χ4v) is 4.30. The summed E-state index contributed by atoms with van der Waals surface area (Å²) in [6.07, 6.45) is -2.54. The lowest BCUT2D eigenvalue weighted by molar-refractivity contribution is -0.274. The van der Waals surface area contributed by atoms with Crippen molar-refractivity contribution in [3.63, 3.8) is 0 Å². The Labute approximate surface area is 186 Å². The smallest absolute Gasteiger partial charge is 0.442 e. The van der Waals surface area contributed by atoms with Gasteiger partial charge >= 0.3 is 12.1 Å². The molecule has 0 amide bonds. The topological polar surface area (TPSA) is 95.0 Å². The van der Waals surface area contributed by atoms with E-state index in [4.69, 9.17) is 9.84 Å². The number of halogens is 3. The van der Waals surface area contributed by atoms with Crippen molar-refractivity contribution in [2.75, 3.05) is 6.61 Å². The summed E-state index contributed by atoms with van der Waals surface area (Å²) in [5, 5.41) is 9.13. The summed E-state index contributed by atoms with van der Waals surface area (Å²) >= 11 is 0. The number of aliphatic hydroxyl groups excluding tert-OH is 1. The first-order valence-corrected chi connectivity index (χ1v) is 10.8. The molecule has 4 rings (SSSR count). The van der Waals surface area contributed by atoms with Crippen LogP contribution in [0.1, 0.15) is 31.7 Å². The molecule has 33 heavy (non-hydrogen) atoms. The highest BCUT2D eigenvalue weighted by atomic mass is 19.4. The Morgan fingerprint density at radius 2 is 1.94 bits per heavy atom. The van der Waals surface area contributed by atoms with Crippen LogP contribution in [0.25, 0.3) is 0 Å². The zero-order valence-electron chi connectivity index (χ0n) is 18.0. The number of aromatic nitrogens is 2. The normalized spacial score (nSPS) is 19.6. The number of rotatable bonds is 6. The molecule has 178 valence electrons. The summed E-state index contributed by atoms with van der Waals surface area (Å²) in [5.74, 6) is 0.142. The van der Waals surface area contributed by atoms with E-state index in [0.717, 1.165) is 23.5 Å². The van der Waals surface area contributed by atoms with Crippen LogP contribution in [0.5, 0.6) is 11.5 Å². The number of aliphatic imine (C=N–C) groups is 1. The maximum Gasteiger partial charge on any atom is 0.573 e. The van der Waals surface area contributed by atoms with Gasteiger partial charge in [-0.1, -0.05) is 6.07 Å². The second kappa shape index (κ2) is 9.05. The maximum atomic E-state index is 13.1. The molecular formula is C22H24F3N3O5. The lowest BCUT2D eigenvalue weighted by Gasteiger charge is -2.35. The van der Waals surface area contributed by atoms with Crippen LogP contribution in [0.2, 0.25) is 0 Å². The zero-order valence-corrected chi connectivity index (χ0v) is 18.0. The lowest BCUT2D eigenvalue weighted by Crippen LogP contribution is -2.42. The van der Waals surface area contributed by atoms with Crippen molar-refractivity contribution in [1.29, 1.82) is 0 Å². The molecule has 1 aliphatic heterocycles. The third kappa shape index (κ3) is 4.68. The highest BCUT2D eigenvalue weighted by Crippen LogP contribution is 2.42. The monoisotopic (exact) mass is 467 g/mol. The Morgan fingerprint density at radius 1 is 1.18 bits per heavy atom. The Morgan fingerprint density at radius 3 is 2.58 bits per heavy atom. The maximum absolute atomic E-state index is 13.1. The van der Waals surface area contributed by atoms with E-state index < -0.39 is 23.4 Å². The lowest BCUT2D eigenvalue weighted by atomic mass is 9.71. The van der Waals surface area contributed by atoms with Crippen molar-refractivity contribution >= 4 is 11.7 Å². The SMILES string of the molecule is CCn1c2c(c(=O)n(CCCO)c1=O)CC1CCC1C(Oc1cccc(OC(F)(F)F)c1)=N2. The van der Waals surface area contributed by atoms with E-state index in [0.29, 0.717) is 12.0 Å². The number of hydrogen-bond acceptors (Lipinski definition) is 6. The van der Waals surface area contributed by atoms with Crippen LogP contribution < -0.4 is 20.7 Å². The van der Waals surface area contributed by atoms with Gasteiger partial charge in [0.05, 0.1) is 5.56 Å². The van der Waals surface area contributed by atoms with Gasteiger partial charge in [0.15, 0.2) is 5.90 Å².